The second-order valence-electron chi connectivity index (χ2n) is 3.45. The first-order valence-corrected chi connectivity index (χ1v) is 4.75. The van der Waals surface area contributed by atoms with Gasteiger partial charge in [-0.05, 0) is 18.0 Å². The second-order valence-corrected chi connectivity index (χ2v) is 3.79. The molecule has 0 aliphatic carbocycles. The Morgan fingerprint density at radius 2 is 2.54 bits per heavy atom. The Morgan fingerprint density at radius 1 is 1.62 bits per heavy atom. The van der Waals surface area contributed by atoms with Gasteiger partial charge in [-0.2, -0.15) is 4.98 Å². The standard InChI is InChI=1S/C8H9ClN4/c9-8-10-3-6-7(12-8)11-5-1-2-13(6)4-5/h3,5H,1-2,4H2,(H,10,11,12)/t5-/m0/s1. The van der Waals surface area contributed by atoms with Crippen molar-refractivity contribution in [1.82, 2.24) is 9.97 Å². The largest absolute Gasteiger partial charge is 0.365 e. The molecule has 0 spiro atoms. The Hall–Kier alpha value is -1.03. The maximum atomic E-state index is 5.71. The molecule has 0 saturated carbocycles. The molecule has 0 unspecified atom stereocenters. The summed E-state index contributed by atoms with van der Waals surface area (Å²) in [6.07, 6.45) is 2.97. The molecule has 3 rings (SSSR count). The van der Waals surface area contributed by atoms with Crippen molar-refractivity contribution < 1.29 is 0 Å². The lowest BCUT2D eigenvalue weighted by Crippen LogP contribution is -2.32. The summed E-state index contributed by atoms with van der Waals surface area (Å²) in [7, 11) is 0. The summed E-state index contributed by atoms with van der Waals surface area (Å²) in [4.78, 5) is 10.4. The molecule has 0 radical (unpaired) electrons. The molecule has 1 aromatic heterocycles. The van der Waals surface area contributed by atoms with E-state index in [1.165, 1.54) is 6.42 Å². The lowest BCUT2D eigenvalue weighted by atomic mass is 10.2. The van der Waals surface area contributed by atoms with Gasteiger partial charge in [0.15, 0.2) is 5.82 Å². The van der Waals surface area contributed by atoms with Crippen LogP contribution in [0.5, 0.6) is 0 Å². The number of fused-ring (bicyclic) bond motifs is 4. The highest BCUT2D eigenvalue weighted by atomic mass is 35.5. The first-order chi connectivity index (χ1) is 6.33. The highest BCUT2D eigenvalue weighted by Crippen LogP contribution is 2.33. The molecular weight excluding hydrogens is 188 g/mol. The van der Waals surface area contributed by atoms with Gasteiger partial charge in [-0.15, -0.1) is 0 Å². The van der Waals surface area contributed by atoms with Gasteiger partial charge in [0.05, 0.1) is 11.9 Å². The van der Waals surface area contributed by atoms with Crippen LogP contribution in [0.15, 0.2) is 6.20 Å². The Morgan fingerprint density at radius 3 is 3.46 bits per heavy atom. The molecule has 13 heavy (non-hydrogen) atoms. The molecule has 0 amide bonds. The normalized spacial score (nSPS) is 24.1. The molecule has 1 fully saturated rings. The molecule has 68 valence electrons. The van der Waals surface area contributed by atoms with Crippen molar-refractivity contribution in [3.63, 3.8) is 0 Å². The van der Waals surface area contributed by atoms with E-state index in [1.54, 1.807) is 6.20 Å². The summed E-state index contributed by atoms with van der Waals surface area (Å²) in [6.45, 7) is 2.16. The maximum Gasteiger partial charge on any atom is 0.224 e. The minimum Gasteiger partial charge on any atom is -0.365 e. The van der Waals surface area contributed by atoms with Crippen LogP contribution in [-0.2, 0) is 0 Å². The van der Waals surface area contributed by atoms with Crippen LogP contribution in [0.1, 0.15) is 6.42 Å². The van der Waals surface area contributed by atoms with Gasteiger partial charge in [0.2, 0.25) is 5.28 Å². The SMILES string of the molecule is Clc1ncc2c(n1)N[C@H]1CCN2C1. The van der Waals surface area contributed by atoms with Gasteiger partial charge in [-0.25, -0.2) is 4.98 Å². The van der Waals surface area contributed by atoms with Crippen molar-refractivity contribution in [2.75, 3.05) is 23.3 Å². The summed E-state index contributed by atoms with van der Waals surface area (Å²) in [6, 6.07) is 0.540. The van der Waals surface area contributed by atoms with Gasteiger partial charge >= 0.3 is 0 Å². The van der Waals surface area contributed by atoms with Gasteiger partial charge in [-0.3, -0.25) is 0 Å². The zero-order valence-electron chi connectivity index (χ0n) is 7.00. The number of hydrogen-bond acceptors (Lipinski definition) is 4. The molecular formula is C8H9ClN4. The molecule has 3 heterocycles. The average molecular weight is 197 g/mol. The van der Waals surface area contributed by atoms with Crippen molar-refractivity contribution in [2.24, 2.45) is 0 Å². The monoisotopic (exact) mass is 196 g/mol. The van der Waals surface area contributed by atoms with E-state index in [1.807, 2.05) is 0 Å². The minimum absolute atomic E-state index is 0.314. The van der Waals surface area contributed by atoms with E-state index >= 15 is 0 Å². The van der Waals surface area contributed by atoms with Crippen LogP contribution in [0, 0.1) is 0 Å². The second kappa shape index (κ2) is 2.48. The third kappa shape index (κ3) is 1.05. The van der Waals surface area contributed by atoms with Crippen LogP contribution in [0.2, 0.25) is 5.28 Å². The van der Waals surface area contributed by atoms with Crippen molar-refractivity contribution in [1.29, 1.82) is 0 Å². The summed E-state index contributed by atoms with van der Waals surface area (Å²) in [5.41, 5.74) is 1.08. The molecule has 4 nitrogen and oxygen atoms in total. The average Bonchev–Trinajstić information content (AvgIpc) is 2.48. The van der Waals surface area contributed by atoms with Gasteiger partial charge in [0.25, 0.3) is 0 Å². The molecule has 1 saturated heterocycles. The van der Waals surface area contributed by atoms with Gasteiger partial charge in [-0.1, -0.05) is 0 Å². The van der Waals surface area contributed by atoms with E-state index in [0.717, 1.165) is 24.6 Å². The molecule has 5 heteroatoms. The highest BCUT2D eigenvalue weighted by molar-refractivity contribution is 6.28. The molecule has 1 N–H and O–H groups in total. The molecule has 1 atom stereocenters. The topological polar surface area (TPSA) is 41.1 Å². The molecule has 2 aliphatic heterocycles. The highest BCUT2D eigenvalue weighted by Gasteiger charge is 2.30. The van der Waals surface area contributed by atoms with E-state index in [9.17, 15) is 0 Å². The number of rotatable bonds is 0. The molecule has 2 bridgehead atoms. The number of nitrogens with zero attached hydrogens (tertiary/aromatic N) is 3. The quantitative estimate of drug-likeness (QED) is 0.632. The lowest BCUT2D eigenvalue weighted by Gasteiger charge is -2.26. The van der Waals surface area contributed by atoms with E-state index in [4.69, 9.17) is 11.6 Å². The first-order valence-electron chi connectivity index (χ1n) is 4.37. The summed E-state index contributed by atoms with van der Waals surface area (Å²) >= 11 is 5.71. The van der Waals surface area contributed by atoms with E-state index in [2.05, 4.69) is 20.2 Å². The number of hydrogen-bond donors (Lipinski definition) is 1. The van der Waals surface area contributed by atoms with E-state index < -0.39 is 0 Å². The fourth-order valence-corrected chi connectivity index (χ4v) is 2.12. The Bertz CT molecular complexity index is 354. The Labute approximate surface area is 80.9 Å². The van der Waals surface area contributed by atoms with Gasteiger partial charge in [0, 0.05) is 19.1 Å². The van der Waals surface area contributed by atoms with Crippen LogP contribution < -0.4 is 10.2 Å². The zero-order chi connectivity index (χ0) is 8.84. The van der Waals surface area contributed by atoms with E-state index in [-0.39, 0.29) is 0 Å². The molecule has 2 aliphatic rings. The van der Waals surface area contributed by atoms with Crippen molar-refractivity contribution in [2.45, 2.75) is 12.5 Å². The van der Waals surface area contributed by atoms with Crippen LogP contribution in [-0.4, -0.2) is 29.1 Å². The summed E-state index contributed by atoms with van der Waals surface area (Å²) in [5, 5.41) is 3.67. The van der Waals surface area contributed by atoms with Gasteiger partial charge in [0.1, 0.15) is 0 Å². The van der Waals surface area contributed by atoms with Crippen molar-refractivity contribution in [3.8, 4) is 0 Å². The number of anilines is 2. The summed E-state index contributed by atoms with van der Waals surface area (Å²) in [5.74, 6) is 0.883. The fourth-order valence-electron chi connectivity index (χ4n) is 1.98. The minimum atomic E-state index is 0.314. The van der Waals surface area contributed by atoms with Crippen LogP contribution in [0.25, 0.3) is 0 Å². The third-order valence-electron chi connectivity index (χ3n) is 2.61. The first kappa shape index (κ1) is 7.38. The van der Waals surface area contributed by atoms with Crippen molar-refractivity contribution >= 4 is 23.1 Å². The number of aromatic nitrogens is 2. The van der Waals surface area contributed by atoms with Gasteiger partial charge < -0.3 is 10.2 Å². The fraction of sp³-hybridized carbons (Fsp3) is 0.500. The number of halogens is 1. The van der Waals surface area contributed by atoms with Crippen molar-refractivity contribution in [3.05, 3.63) is 11.5 Å². The summed E-state index contributed by atoms with van der Waals surface area (Å²) < 4.78 is 0. The Balaban J connectivity index is 2.12. The zero-order valence-corrected chi connectivity index (χ0v) is 7.75. The smallest absolute Gasteiger partial charge is 0.224 e. The Kier molecular flexibility index (Phi) is 1.41. The van der Waals surface area contributed by atoms with Crippen LogP contribution in [0.4, 0.5) is 11.5 Å². The molecule has 1 aromatic rings. The third-order valence-corrected chi connectivity index (χ3v) is 2.79. The maximum absolute atomic E-state index is 5.71. The predicted octanol–water partition coefficient (Wildman–Crippen LogP) is 1.13. The number of nitrogens with one attached hydrogen (secondary N) is 1. The van der Waals surface area contributed by atoms with E-state index in [0.29, 0.717) is 11.3 Å². The lowest BCUT2D eigenvalue weighted by molar-refractivity contribution is 0.785. The van der Waals surface area contributed by atoms with Crippen LogP contribution >= 0.6 is 11.6 Å². The van der Waals surface area contributed by atoms with Crippen LogP contribution in [0.3, 0.4) is 0 Å². The molecule has 0 aromatic carbocycles. The predicted molar refractivity (Wildman–Crippen MR) is 51.3 cm³/mol.